The third-order valence-electron chi connectivity index (χ3n) is 3.66. The summed E-state index contributed by atoms with van der Waals surface area (Å²) in [6.45, 7) is 0. The molecule has 0 spiro atoms. The van der Waals surface area contributed by atoms with Crippen LogP contribution < -0.4 is 10.7 Å². The monoisotopic (exact) mass is 397 g/mol. The highest BCUT2D eigenvalue weighted by Crippen LogP contribution is 2.24. The molecule has 25 heavy (non-hydrogen) atoms. The highest BCUT2D eigenvalue weighted by molar-refractivity contribution is 7.91. The molecule has 2 heterocycles. The fourth-order valence-electron chi connectivity index (χ4n) is 2.50. The summed E-state index contributed by atoms with van der Waals surface area (Å²) < 4.78 is 28.5. The van der Waals surface area contributed by atoms with Crippen LogP contribution in [-0.2, 0) is 9.84 Å². The van der Waals surface area contributed by atoms with Crippen LogP contribution in [0.4, 0.5) is 0 Å². The molecule has 0 amide bonds. The lowest BCUT2D eigenvalue weighted by Gasteiger charge is -2.11. The summed E-state index contributed by atoms with van der Waals surface area (Å²) in [7, 11) is -2.94. The van der Waals surface area contributed by atoms with Crippen molar-refractivity contribution in [1.82, 2.24) is 10.7 Å². The second-order valence-electron chi connectivity index (χ2n) is 5.66. The summed E-state index contributed by atoms with van der Waals surface area (Å²) in [4.78, 5) is 0. The smallest absolute Gasteiger partial charge is 0.187 e. The Hall–Kier alpha value is -1.90. The van der Waals surface area contributed by atoms with Gasteiger partial charge >= 0.3 is 0 Å². The molecular formula is C16H16ClN3O3S2. The van der Waals surface area contributed by atoms with Crippen LogP contribution in [0, 0.1) is 0 Å². The molecule has 2 N–H and O–H groups in total. The third-order valence-corrected chi connectivity index (χ3v) is 5.87. The van der Waals surface area contributed by atoms with Gasteiger partial charge in [-0.15, -0.1) is 0 Å². The molecule has 0 unspecified atom stereocenters. The molecule has 0 radical (unpaired) electrons. The second-order valence-corrected chi connectivity index (χ2v) is 8.73. The number of rotatable bonds is 4. The highest BCUT2D eigenvalue weighted by Gasteiger charge is 2.28. The van der Waals surface area contributed by atoms with E-state index in [0.29, 0.717) is 23.0 Å². The zero-order valence-electron chi connectivity index (χ0n) is 13.1. The highest BCUT2D eigenvalue weighted by atomic mass is 35.5. The number of hydrogen-bond acceptors (Lipinski definition) is 5. The lowest BCUT2D eigenvalue weighted by atomic mass is 10.2. The van der Waals surface area contributed by atoms with E-state index >= 15 is 0 Å². The Balaban J connectivity index is 1.53. The minimum atomic E-state index is -2.94. The van der Waals surface area contributed by atoms with Crippen LogP contribution >= 0.6 is 23.8 Å². The summed E-state index contributed by atoms with van der Waals surface area (Å²) in [5.74, 6) is 1.52. The van der Waals surface area contributed by atoms with Crippen LogP contribution in [0.1, 0.15) is 12.2 Å². The maximum absolute atomic E-state index is 11.4. The van der Waals surface area contributed by atoms with E-state index in [0.717, 1.165) is 5.56 Å². The summed E-state index contributed by atoms with van der Waals surface area (Å²) >= 11 is 11.1. The Morgan fingerprint density at radius 3 is 2.92 bits per heavy atom. The first kappa shape index (κ1) is 17.9. The van der Waals surface area contributed by atoms with Crippen LogP contribution in [0.2, 0.25) is 5.02 Å². The molecule has 1 atom stereocenters. The molecule has 2 aromatic rings. The van der Waals surface area contributed by atoms with Gasteiger partial charge in [-0.05, 0) is 42.9 Å². The summed E-state index contributed by atoms with van der Waals surface area (Å²) in [5.41, 5.74) is 3.53. The molecule has 1 fully saturated rings. The van der Waals surface area contributed by atoms with E-state index in [4.69, 9.17) is 28.2 Å². The average Bonchev–Trinajstić information content (AvgIpc) is 3.14. The van der Waals surface area contributed by atoms with Crippen molar-refractivity contribution in [3.63, 3.8) is 0 Å². The molecule has 1 aliphatic rings. The first-order valence-corrected chi connectivity index (χ1v) is 10.2. The minimum absolute atomic E-state index is 0.0969. The van der Waals surface area contributed by atoms with Gasteiger partial charge in [-0.2, -0.15) is 5.10 Å². The Bertz CT molecular complexity index is 909. The zero-order valence-corrected chi connectivity index (χ0v) is 15.5. The lowest BCUT2D eigenvalue weighted by molar-refractivity contribution is 0.574. The molecule has 0 saturated carbocycles. The van der Waals surface area contributed by atoms with Crippen molar-refractivity contribution in [2.24, 2.45) is 5.10 Å². The number of hydrazone groups is 1. The maximum Gasteiger partial charge on any atom is 0.187 e. The van der Waals surface area contributed by atoms with Gasteiger partial charge in [0.2, 0.25) is 0 Å². The summed E-state index contributed by atoms with van der Waals surface area (Å²) in [6.07, 6.45) is 2.04. The van der Waals surface area contributed by atoms with Crippen LogP contribution in [0.5, 0.6) is 0 Å². The van der Waals surface area contributed by atoms with Gasteiger partial charge in [-0.25, -0.2) is 8.42 Å². The summed E-state index contributed by atoms with van der Waals surface area (Å²) in [5, 5.41) is 7.85. The Labute approximate surface area is 156 Å². The molecule has 0 bridgehead atoms. The molecule has 1 aliphatic heterocycles. The first-order chi connectivity index (χ1) is 11.9. The van der Waals surface area contributed by atoms with Gasteiger partial charge < -0.3 is 9.73 Å². The molecule has 3 rings (SSSR count). The van der Waals surface area contributed by atoms with Crippen molar-refractivity contribution in [1.29, 1.82) is 0 Å². The summed E-state index contributed by atoms with van der Waals surface area (Å²) in [6, 6.07) is 10.8. The fourth-order valence-corrected chi connectivity index (χ4v) is 4.58. The maximum atomic E-state index is 11.4. The largest absolute Gasteiger partial charge is 0.455 e. The number of sulfone groups is 1. The molecule has 9 heteroatoms. The van der Waals surface area contributed by atoms with E-state index in [1.54, 1.807) is 12.1 Å². The van der Waals surface area contributed by atoms with Gasteiger partial charge in [0, 0.05) is 16.6 Å². The first-order valence-electron chi connectivity index (χ1n) is 7.57. The molecule has 1 aromatic heterocycles. The van der Waals surface area contributed by atoms with Gasteiger partial charge in [0.25, 0.3) is 0 Å². The van der Waals surface area contributed by atoms with Crippen molar-refractivity contribution in [2.45, 2.75) is 12.5 Å². The normalized spacial score (nSPS) is 19.2. The Morgan fingerprint density at radius 2 is 2.20 bits per heavy atom. The zero-order chi connectivity index (χ0) is 17.9. The van der Waals surface area contributed by atoms with Crippen molar-refractivity contribution in [3.05, 3.63) is 47.2 Å². The second kappa shape index (κ2) is 7.55. The third kappa shape index (κ3) is 5.04. The van der Waals surface area contributed by atoms with Gasteiger partial charge in [0.15, 0.2) is 14.9 Å². The number of halogens is 1. The standard InChI is InChI=1S/C16H16ClN3O3S2/c17-12-3-1-2-11(8-12)15-5-4-14(23-15)9-18-20-16(24)19-13-6-7-25(21,22)10-13/h1-5,8-9,13H,6-7,10H2,(H2,19,20,24)/b18-9-/t13-/m1/s1. The lowest BCUT2D eigenvalue weighted by Crippen LogP contribution is -2.40. The van der Waals surface area contributed by atoms with Crippen molar-refractivity contribution < 1.29 is 12.8 Å². The Kier molecular flexibility index (Phi) is 5.41. The van der Waals surface area contributed by atoms with Gasteiger partial charge in [-0.1, -0.05) is 23.7 Å². The van der Waals surface area contributed by atoms with Crippen molar-refractivity contribution >= 4 is 45.0 Å². The predicted molar refractivity (Wildman–Crippen MR) is 103 cm³/mol. The van der Waals surface area contributed by atoms with E-state index in [2.05, 4.69) is 15.8 Å². The number of benzene rings is 1. The average molecular weight is 398 g/mol. The van der Waals surface area contributed by atoms with Crippen LogP contribution in [0.15, 0.2) is 45.9 Å². The predicted octanol–water partition coefficient (Wildman–Crippen LogP) is 2.59. The van der Waals surface area contributed by atoms with Crippen LogP contribution in [-0.4, -0.2) is 37.3 Å². The Morgan fingerprint density at radius 1 is 1.36 bits per heavy atom. The number of nitrogens with zero attached hydrogens (tertiary/aromatic N) is 1. The van der Waals surface area contributed by atoms with E-state index in [1.165, 1.54) is 6.21 Å². The van der Waals surface area contributed by atoms with Gasteiger partial charge in [0.1, 0.15) is 11.5 Å². The van der Waals surface area contributed by atoms with E-state index in [9.17, 15) is 8.42 Å². The number of thiocarbonyl (C=S) groups is 1. The number of furan rings is 1. The fraction of sp³-hybridized carbons (Fsp3) is 0.250. The molecule has 6 nitrogen and oxygen atoms in total. The number of hydrogen-bond donors (Lipinski definition) is 2. The van der Waals surface area contributed by atoms with Crippen LogP contribution in [0.3, 0.4) is 0 Å². The molecule has 0 aliphatic carbocycles. The minimum Gasteiger partial charge on any atom is -0.455 e. The van der Waals surface area contributed by atoms with E-state index in [-0.39, 0.29) is 22.7 Å². The van der Waals surface area contributed by atoms with Gasteiger partial charge in [0.05, 0.1) is 17.7 Å². The number of nitrogens with one attached hydrogen (secondary N) is 2. The van der Waals surface area contributed by atoms with Crippen molar-refractivity contribution in [2.75, 3.05) is 11.5 Å². The van der Waals surface area contributed by atoms with Gasteiger partial charge in [-0.3, -0.25) is 5.43 Å². The molecule has 132 valence electrons. The van der Waals surface area contributed by atoms with E-state index < -0.39 is 9.84 Å². The SMILES string of the molecule is O=S1(=O)CC[C@@H](NC(=S)N/N=C\c2ccc(-c3cccc(Cl)c3)o2)C1. The molecular weight excluding hydrogens is 382 g/mol. The topological polar surface area (TPSA) is 83.7 Å². The van der Waals surface area contributed by atoms with Crippen LogP contribution in [0.25, 0.3) is 11.3 Å². The van der Waals surface area contributed by atoms with Crippen molar-refractivity contribution in [3.8, 4) is 11.3 Å². The molecule has 1 aromatic carbocycles. The molecule has 1 saturated heterocycles. The quantitative estimate of drug-likeness (QED) is 0.468. The van der Waals surface area contributed by atoms with E-state index in [1.807, 2.05) is 24.3 Å².